The molecule has 0 unspecified atom stereocenters. The van der Waals surface area contributed by atoms with Crippen LogP contribution in [0.1, 0.15) is 0 Å². The maximum Gasteiger partial charge on any atom is 0.573 e. The van der Waals surface area contributed by atoms with Crippen molar-refractivity contribution in [3.8, 4) is 34.0 Å². The molecule has 3 rings (SSSR count). The van der Waals surface area contributed by atoms with Crippen LogP contribution in [0.2, 0.25) is 0 Å². The molecule has 0 fully saturated rings. The molecule has 0 spiro atoms. The molecule has 3 aromatic rings. The second-order valence-corrected chi connectivity index (χ2v) is 5.74. The molecule has 0 N–H and O–H groups in total. The number of nitrogens with zero attached hydrogens (tertiary/aromatic N) is 1. The van der Waals surface area contributed by atoms with Crippen molar-refractivity contribution in [1.82, 2.24) is 4.98 Å². The average molecular weight is 435 g/mol. The molecule has 30 heavy (non-hydrogen) atoms. The number of halogens is 8. The summed E-state index contributed by atoms with van der Waals surface area (Å²) in [6.07, 6.45) is -10.2. The van der Waals surface area contributed by atoms with Gasteiger partial charge in [-0.3, -0.25) is 0 Å². The lowest BCUT2D eigenvalue weighted by Gasteiger charge is -2.16. The molecule has 0 aliphatic rings. The Balaban J connectivity index is 2.17. The summed E-state index contributed by atoms with van der Waals surface area (Å²) in [7, 11) is 0. The van der Waals surface area contributed by atoms with Crippen molar-refractivity contribution in [2.75, 3.05) is 0 Å². The third-order valence-electron chi connectivity index (χ3n) is 3.67. The molecule has 158 valence electrons. The largest absolute Gasteiger partial charge is 0.573 e. The Bertz CT molecular complexity index is 982. The van der Waals surface area contributed by atoms with E-state index in [0.29, 0.717) is 6.07 Å². The minimum absolute atomic E-state index is 0.298. The van der Waals surface area contributed by atoms with Gasteiger partial charge in [0.1, 0.15) is 22.9 Å². The summed E-state index contributed by atoms with van der Waals surface area (Å²) >= 11 is 0. The average Bonchev–Trinajstić information content (AvgIpc) is 2.61. The van der Waals surface area contributed by atoms with Gasteiger partial charge in [0.25, 0.3) is 0 Å². The Kier molecular flexibility index (Phi) is 5.55. The van der Waals surface area contributed by atoms with Crippen molar-refractivity contribution < 1.29 is 44.6 Å². The Morgan fingerprint density at radius 2 is 0.967 bits per heavy atom. The van der Waals surface area contributed by atoms with Gasteiger partial charge in [0.05, 0.1) is 0 Å². The Labute approximate surface area is 163 Å². The molecule has 0 bridgehead atoms. The molecule has 1 heterocycles. The van der Waals surface area contributed by atoms with Gasteiger partial charge in [-0.2, -0.15) is 0 Å². The summed E-state index contributed by atoms with van der Waals surface area (Å²) in [6, 6.07) is 9.00. The fourth-order valence-corrected chi connectivity index (χ4v) is 2.60. The van der Waals surface area contributed by atoms with E-state index in [0.717, 1.165) is 24.3 Å². The smallest absolute Gasteiger partial charge is 0.405 e. The number of aromatic nitrogens is 1. The third kappa shape index (κ3) is 4.97. The van der Waals surface area contributed by atoms with Gasteiger partial charge in [-0.1, -0.05) is 24.3 Å². The second kappa shape index (κ2) is 7.81. The molecular formula is C19H9F8NO2. The van der Waals surface area contributed by atoms with Gasteiger partial charge in [0, 0.05) is 17.2 Å². The lowest BCUT2D eigenvalue weighted by Crippen LogP contribution is -2.18. The minimum Gasteiger partial charge on any atom is -0.405 e. The highest BCUT2D eigenvalue weighted by Gasteiger charge is 2.34. The maximum absolute atomic E-state index is 14.4. The first-order chi connectivity index (χ1) is 13.9. The first kappa shape index (κ1) is 21.3. The maximum atomic E-state index is 14.4. The van der Waals surface area contributed by atoms with E-state index in [4.69, 9.17) is 0 Å². The van der Waals surface area contributed by atoms with E-state index in [2.05, 4.69) is 14.5 Å². The van der Waals surface area contributed by atoms with Gasteiger partial charge in [-0.05, 0) is 24.3 Å². The Morgan fingerprint density at radius 1 is 0.600 bits per heavy atom. The van der Waals surface area contributed by atoms with Crippen molar-refractivity contribution in [2.45, 2.75) is 12.7 Å². The zero-order chi connectivity index (χ0) is 22.1. The van der Waals surface area contributed by atoms with Gasteiger partial charge in [-0.25, -0.2) is 13.8 Å². The van der Waals surface area contributed by atoms with Crippen LogP contribution in [-0.2, 0) is 0 Å². The van der Waals surface area contributed by atoms with Crippen LogP contribution < -0.4 is 9.47 Å². The number of para-hydroxylation sites is 2. The second-order valence-electron chi connectivity index (χ2n) is 5.74. The molecule has 0 radical (unpaired) electrons. The fourth-order valence-electron chi connectivity index (χ4n) is 2.60. The van der Waals surface area contributed by atoms with Gasteiger partial charge >= 0.3 is 12.7 Å². The number of ether oxygens (including phenoxy) is 2. The van der Waals surface area contributed by atoms with E-state index in [-0.39, 0.29) is 0 Å². The SMILES string of the molecule is Fc1cc(F)c(-c2ccccc2OC(F)(F)F)nc1-c1ccccc1OC(F)(F)F. The van der Waals surface area contributed by atoms with Gasteiger partial charge in [0.2, 0.25) is 0 Å². The normalized spacial score (nSPS) is 12.0. The standard InChI is InChI=1S/C19H9F8NO2/c20-12-9-13(21)17(11-6-2-4-8-15(11)30-19(25,26)27)28-16(12)10-5-1-3-7-14(10)29-18(22,23)24/h1-9H. The molecule has 0 saturated carbocycles. The summed E-state index contributed by atoms with van der Waals surface area (Å²) < 4.78 is 112. The lowest BCUT2D eigenvalue weighted by molar-refractivity contribution is -0.275. The van der Waals surface area contributed by atoms with E-state index < -0.39 is 58.4 Å². The molecule has 11 heteroatoms. The zero-order valence-electron chi connectivity index (χ0n) is 14.5. The van der Waals surface area contributed by atoms with Crippen molar-refractivity contribution in [1.29, 1.82) is 0 Å². The topological polar surface area (TPSA) is 31.4 Å². The first-order valence-electron chi connectivity index (χ1n) is 8.01. The van der Waals surface area contributed by atoms with Crippen LogP contribution >= 0.6 is 0 Å². The first-order valence-corrected chi connectivity index (χ1v) is 8.01. The quantitative estimate of drug-likeness (QED) is 0.439. The molecule has 0 aliphatic carbocycles. The van der Waals surface area contributed by atoms with Crippen LogP contribution in [0.5, 0.6) is 11.5 Å². The van der Waals surface area contributed by atoms with Gasteiger partial charge in [0.15, 0.2) is 11.6 Å². The Morgan fingerprint density at radius 3 is 1.33 bits per heavy atom. The molecule has 2 aromatic carbocycles. The molecule has 0 atom stereocenters. The monoisotopic (exact) mass is 435 g/mol. The molecule has 0 aliphatic heterocycles. The summed E-state index contributed by atoms with van der Waals surface area (Å²) in [5.74, 6) is -4.34. The molecule has 1 aromatic heterocycles. The summed E-state index contributed by atoms with van der Waals surface area (Å²) in [6.45, 7) is 0. The molecule has 0 saturated heterocycles. The van der Waals surface area contributed by atoms with E-state index in [1.165, 1.54) is 24.3 Å². The van der Waals surface area contributed by atoms with Crippen molar-refractivity contribution in [3.63, 3.8) is 0 Å². The van der Waals surface area contributed by atoms with Crippen molar-refractivity contribution >= 4 is 0 Å². The van der Waals surface area contributed by atoms with Crippen LogP contribution in [0.3, 0.4) is 0 Å². The number of hydrogen-bond acceptors (Lipinski definition) is 3. The van der Waals surface area contributed by atoms with Gasteiger partial charge < -0.3 is 9.47 Å². The molecule has 0 amide bonds. The summed E-state index contributed by atoms with van der Waals surface area (Å²) in [5, 5.41) is 0. The predicted molar refractivity (Wildman–Crippen MR) is 88.4 cm³/mol. The highest BCUT2D eigenvalue weighted by atomic mass is 19.4. The fraction of sp³-hybridized carbons (Fsp3) is 0.105. The number of hydrogen-bond donors (Lipinski definition) is 0. The van der Waals surface area contributed by atoms with Crippen LogP contribution in [0.15, 0.2) is 54.6 Å². The van der Waals surface area contributed by atoms with Crippen LogP contribution in [0, 0.1) is 11.6 Å². The third-order valence-corrected chi connectivity index (χ3v) is 3.67. The van der Waals surface area contributed by atoms with Gasteiger partial charge in [-0.15, -0.1) is 26.3 Å². The highest BCUT2D eigenvalue weighted by Crippen LogP contribution is 2.38. The Hall–Kier alpha value is -3.37. The van der Waals surface area contributed by atoms with Crippen molar-refractivity contribution in [3.05, 3.63) is 66.2 Å². The zero-order valence-corrected chi connectivity index (χ0v) is 14.5. The molecular weight excluding hydrogens is 426 g/mol. The number of pyridine rings is 1. The van der Waals surface area contributed by atoms with Crippen molar-refractivity contribution in [2.24, 2.45) is 0 Å². The summed E-state index contributed by atoms with van der Waals surface area (Å²) in [4.78, 5) is 3.65. The number of benzene rings is 2. The number of alkyl halides is 6. The minimum atomic E-state index is -5.11. The summed E-state index contributed by atoms with van der Waals surface area (Å²) in [5.41, 5.74) is -2.48. The van der Waals surface area contributed by atoms with E-state index in [1.54, 1.807) is 0 Å². The predicted octanol–water partition coefficient (Wildman–Crippen LogP) is 6.49. The molecule has 3 nitrogen and oxygen atoms in total. The number of rotatable bonds is 4. The van der Waals surface area contributed by atoms with E-state index >= 15 is 0 Å². The highest BCUT2D eigenvalue weighted by molar-refractivity contribution is 5.73. The van der Waals surface area contributed by atoms with E-state index in [9.17, 15) is 35.1 Å². The van der Waals surface area contributed by atoms with Crippen LogP contribution in [0.25, 0.3) is 22.5 Å². The van der Waals surface area contributed by atoms with E-state index in [1.807, 2.05) is 0 Å². The van der Waals surface area contributed by atoms with Crippen LogP contribution in [-0.4, -0.2) is 17.7 Å². The lowest BCUT2D eigenvalue weighted by atomic mass is 10.1. The van der Waals surface area contributed by atoms with Crippen LogP contribution in [0.4, 0.5) is 35.1 Å².